The van der Waals surface area contributed by atoms with Gasteiger partial charge in [-0.05, 0) is 39.2 Å². The molecule has 0 aliphatic carbocycles. The largest absolute Gasteiger partial charge is 0.387 e. The second-order valence-corrected chi connectivity index (χ2v) is 5.84. The van der Waals surface area contributed by atoms with Gasteiger partial charge in [0.25, 0.3) is 0 Å². The van der Waals surface area contributed by atoms with Crippen LogP contribution in [0.15, 0.2) is 22.7 Å². The van der Waals surface area contributed by atoms with Crippen LogP contribution >= 0.6 is 15.9 Å². The SMILES string of the molecule is CN(C)CC(C)(O)CNc1cc(Br)cc(C#N)c1. The van der Waals surface area contributed by atoms with Gasteiger partial charge in [0.2, 0.25) is 0 Å². The molecule has 5 heteroatoms. The Kier molecular flexibility index (Phi) is 5.15. The minimum atomic E-state index is -0.821. The highest BCUT2D eigenvalue weighted by molar-refractivity contribution is 9.10. The molecule has 0 aliphatic rings. The van der Waals surface area contributed by atoms with E-state index in [2.05, 4.69) is 27.3 Å². The Bertz CT molecular complexity index is 452. The molecule has 0 amide bonds. The molecule has 0 heterocycles. The van der Waals surface area contributed by atoms with E-state index in [-0.39, 0.29) is 0 Å². The molecular formula is C13H18BrN3O. The van der Waals surface area contributed by atoms with Crippen LogP contribution in [0.25, 0.3) is 0 Å². The van der Waals surface area contributed by atoms with E-state index in [0.717, 1.165) is 10.2 Å². The third-order valence-corrected chi connectivity index (χ3v) is 2.81. The molecule has 0 saturated carbocycles. The summed E-state index contributed by atoms with van der Waals surface area (Å²) < 4.78 is 0.844. The van der Waals surface area contributed by atoms with Gasteiger partial charge in [-0.2, -0.15) is 5.26 Å². The molecule has 0 bridgehead atoms. The summed E-state index contributed by atoms with van der Waals surface area (Å²) in [5.41, 5.74) is 0.581. The van der Waals surface area contributed by atoms with E-state index in [1.165, 1.54) is 0 Å². The number of hydrogen-bond donors (Lipinski definition) is 2. The molecule has 4 nitrogen and oxygen atoms in total. The van der Waals surface area contributed by atoms with Crippen molar-refractivity contribution in [1.82, 2.24) is 4.90 Å². The van der Waals surface area contributed by atoms with Crippen LogP contribution in [0.1, 0.15) is 12.5 Å². The van der Waals surface area contributed by atoms with E-state index in [1.807, 2.05) is 25.1 Å². The first kappa shape index (κ1) is 15.0. The van der Waals surface area contributed by atoms with Crippen LogP contribution in [0.5, 0.6) is 0 Å². The summed E-state index contributed by atoms with van der Waals surface area (Å²) in [5.74, 6) is 0. The number of likely N-dealkylation sites (N-methyl/N-ethyl adjacent to an activating group) is 1. The van der Waals surface area contributed by atoms with Crippen molar-refractivity contribution in [3.63, 3.8) is 0 Å². The third-order valence-electron chi connectivity index (χ3n) is 2.36. The Labute approximate surface area is 116 Å². The van der Waals surface area contributed by atoms with Crippen LogP contribution in [-0.2, 0) is 0 Å². The Morgan fingerprint density at radius 2 is 2.11 bits per heavy atom. The minimum absolute atomic E-state index is 0.423. The van der Waals surface area contributed by atoms with Crippen LogP contribution in [0.4, 0.5) is 5.69 Å². The molecule has 0 saturated heterocycles. The van der Waals surface area contributed by atoms with Crippen molar-refractivity contribution in [2.45, 2.75) is 12.5 Å². The van der Waals surface area contributed by atoms with Gasteiger partial charge in [0.1, 0.15) is 0 Å². The van der Waals surface area contributed by atoms with Crippen molar-refractivity contribution in [2.24, 2.45) is 0 Å². The van der Waals surface area contributed by atoms with E-state index < -0.39 is 5.60 Å². The number of aliphatic hydroxyl groups is 1. The zero-order valence-corrected chi connectivity index (χ0v) is 12.5. The molecule has 1 aromatic carbocycles. The van der Waals surface area contributed by atoms with Gasteiger partial charge in [-0.15, -0.1) is 0 Å². The highest BCUT2D eigenvalue weighted by Crippen LogP contribution is 2.20. The highest BCUT2D eigenvalue weighted by Gasteiger charge is 2.20. The molecule has 1 atom stereocenters. The summed E-state index contributed by atoms with van der Waals surface area (Å²) in [6.45, 7) is 2.77. The molecule has 98 valence electrons. The molecule has 1 rings (SSSR count). The van der Waals surface area contributed by atoms with Crippen LogP contribution in [-0.4, -0.2) is 42.8 Å². The molecule has 2 N–H and O–H groups in total. The van der Waals surface area contributed by atoms with E-state index in [1.54, 1.807) is 19.1 Å². The number of halogens is 1. The second-order valence-electron chi connectivity index (χ2n) is 4.93. The van der Waals surface area contributed by atoms with Crippen LogP contribution in [0.2, 0.25) is 0 Å². The predicted molar refractivity (Wildman–Crippen MR) is 76.5 cm³/mol. The summed E-state index contributed by atoms with van der Waals surface area (Å²) in [4.78, 5) is 1.93. The lowest BCUT2D eigenvalue weighted by atomic mass is 10.1. The Hall–Kier alpha value is -1.09. The normalized spacial score (nSPS) is 14.1. The summed E-state index contributed by atoms with van der Waals surface area (Å²) in [6, 6.07) is 7.49. The van der Waals surface area contributed by atoms with Crippen molar-refractivity contribution < 1.29 is 5.11 Å². The molecule has 18 heavy (non-hydrogen) atoms. The fourth-order valence-corrected chi connectivity index (χ4v) is 2.28. The standard InChI is InChI=1S/C13H18BrN3O/c1-13(18,9-17(2)3)8-16-12-5-10(7-15)4-11(14)6-12/h4-6,16,18H,8-9H2,1-3H3. The number of nitrogens with zero attached hydrogens (tertiary/aromatic N) is 2. The lowest BCUT2D eigenvalue weighted by Gasteiger charge is -2.27. The van der Waals surface area contributed by atoms with Crippen molar-refractivity contribution in [2.75, 3.05) is 32.5 Å². The van der Waals surface area contributed by atoms with Crippen molar-refractivity contribution in [3.05, 3.63) is 28.2 Å². The fourth-order valence-electron chi connectivity index (χ4n) is 1.79. The lowest BCUT2D eigenvalue weighted by Crippen LogP contribution is -2.43. The minimum Gasteiger partial charge on any atom is -0.387 e. The molecule has 0 fully saturated rings. The maximum atomic E-state index is 10.2. The summed E-state index contributed by atoms with van der Waals surface area (Å²) in [6.07, 6.45) is 0. The number of rotatable bonds is 5. The van der Waals surface area contributed by atoms with Gasteiger partial charge in [0.05, 0.1) is 17.2 Å². The van der Waals surface area contributed by atoms with Crippen LogP contribution < -0.4 is 5.32 Å². The van der Waals surface area contributed by atoms with E-state index in [0.29, 0.717) is 18.7 Å². The number of nitriles is 1. The van der Waals surface area contributed by atoms with E-state index >= 15 is 0 Å². The van der Waals surface area contributed by atoms with Gasteiger partial charge in [-0.1, -0.05) is 15.9 Å². The van der Waals surface area contributed by atoms with Crippen molar-refractivity contribution >= 4 is 21.6 Å². The zero-order chi connectivity index (χ0) is 13.8. The molecule has 1 aromatic rings. The Morgan fingerprint density at radius 1 is 1.44 bits per heavy atom. The van der Waals surface area contributed by atoms with Gasteiger partial charge in [0.15, 0.2) is 0 Å². The Morgan fingerprint density at radius 3 is 2.67 bits per heavy atom. The first-order valence-electron chi connectivity index (χ1n) is 5.64. The van der Waals surface area contributed by atoms with Gasteiger partial charge >= 0.3 is 0 Å². The predicted octanol–water partition coefficient (Wildman–Crippen LogP) is 2.05. The lowest BCUT2D eigenvalue weighted by molar-refractivity contribution is 0.0460. The highest BCUT2D eigenvalue weighted by atomic mass is 79.9. The Balaban J connectivity index is 2.69. The number of benzene rings is 1. The first-order chi connectivity index (χ1) is 8.32. The molecule has 0 spiro atoms. The summed E-state index contributed by atoms with van der Waals surface area (Å²) in [5, 5.41) is 22.2. The molecule has 0 aromatic heterocycles. The van der Waals surface area contributed by atoms with Gasteiger partial charge in [0, 0.05) is 23.2 Å². The topological polar surface area (TPSA) is 59.3 Å². The fraction of sp³-hybridized carbons (Fsp3) is 0.462. The molecule has 0 aliphatic heterocycles. The quantitative estimate of drug-likeness (QED) is 0.873. The third kappa shape index (κ3) is 5.05. The average molecular weight is 312 g/mol. The van der Waals surface area contributed by atoms with Crippen molar-refractivity contribution in [1.29, 1.82) is 5.26 Å². The monoisotopic (exact) mass is 311 g/mol. The van der Waals surface area contributed by atoms with E-state index in [4.69, 9.17) is 5.26 Å². The smallest absolute Gasteiger partial charge is 0.0992 e. The number of hydrogen-bond acceptors (Lipinski definition) is 4. The molecule has 0 radical (unpaired) electrons. The van der Waals surface area contributed by atoms with Crippen LogP contribution in [0, 0.1) is 11.3 Å². The second kappa shape index (κ2) is 6.19. The molecular weight excluding hydrogens is 294 g/mol. The first-order valence-corrected chi connectivity index (χ1v) is 6.43. The average Bonchev–Trinajstić information content (AvgIpc) is 2.24. The van der Waals surface area contributed by atoms with Crippen molar-refractivity contribution in [3.8, 4) is 6.07 Å². The maximum Gasteiger partial charge on any atom is 0.0992 e. The molecule has 1 unspecified atom stereocenters. The summed E-state index contributed by atoms with van der Waals surface area (Å²) >= 11 is 3.35. The zero-order valence-electron chi connectivity index (χ0n) is 10.9. The maximum absolute atomic E-state index is 10.2. The van der Waals surface area contributed by atoms with Gasteiger partial charge < -0.3 is 15.3 Å². The summed E-state index contributed by atoms with van der Waals surface area (Å²) in [7, 11) is 3.84. The van der Waals surface area contributed by atoms with Gasteiger partial charge in [-0.3, -0.25) is 0 Å². The van der Waals surface area contributed by atoms with E-state index in [9.17, 15) is 5.11 Å². The number of nitrogens with one attached hydrogen (secondary N) is 1. The van der Waals surface area contributed by atoms with Gasteiger partial charge in [-0.25, -0.2) is 0 Å². The number of anilines is 1. The van der Waals surface area contributed by atoms with Crippen LogP contribution in [0.3, 0.4) is 0 Å².